The van der Waals surface area contributed by atoms with Crippen LogP contribution in [0.4, 0.5) is 4.39 Å². The summed E-state index contributed by atoms with van der Waals surface area (Å²) in [4.78, 5) is 5.32. The smallest absolute Gasteiger partial charge is 0.174 e. The molecular formula is C12H14FN3S2. The van der Waals surface area contributed by atoms with Crippen LogP contribution in [-0.4, -0.2) is 9.36 Å². The zero-order valence-corrected chi connectivity index (χ0v) is 11.8. The van der Waals surface area contributed by atoms with Crippen molar-refractivity contribution in [2.75, 3.05) is 0 Å². The van der Waals surface area contributed by atoms with Crippen LogP contribution in [0.1, 0.15) is 31.3 Å². The summed E-state index contributed by atoms with van der Waals surface area (Å²) in [6, 6.07) is 4.46. The highest BCUT2D eigenvalue weighted by Gasteiger charge is 2.12. The minimum Gasteiger partial charge on any atom is -0.324 e. The maximum absolute atomic E-state index is 13.2. The van der Waals surface area contributed by atoms with Crippen molar-refractivity contribution in [1.29, 1.82) is 0 Å². The van der Waals surface area contributed by atoms with Gasteiger partial charge in [-0.2, -0.15) is 4.37 Å². The SMILES string of the molecule is CCc1nsc(Sc2ccc(F)cc2[C@H](C)N)n1. The molecule has 0 aliphatic heterocycles. The number of halogens is 1. The van der Waals surface area contributed by atoms with Gasteiger partial charge in [-0.3, -0.25) is 0 Å². The highest BCUT2D eigenvalue weighted by atomic mass is 32.2. The molecule has 6 heteroatoms. The summed E-state index contributed by atoms with van der Waals surface area (Å²) in [6.07, 6.45) is 0.820. The number of nitrogens with zero attached hydrogens (tertiary/aromatic N) is 2. The quantitative estimate of drug-likeness (QED) is 0.934. The summed E-state index contributed by atoms with van der Waals surface area (Å²) in [7, 11) is 0. The Morgan fingerprint density at radius 3 is 2.89 bits per heavy atom. The largest absolute Gasteiger partial charge is 0.324 e. The molecule has 0 saturated carbocycles. The first-order valence-corrected chi connectivity index (χ1v) is 7.24. The standard InChI is InChI=1S/C12H14FN3S2/c1-3-11-15-12(18-16-11)17-10-5-4-8(13)6-9(10)7(2)14/h4-7H,3,14H2,1-2H3/t7-/m0/s1. The molecule has 0 aliphatic rings. The summed E-state index contributed by atoms with van der Waals surface area (Å²) < 4.78 is 18.3. The van der Waals surface area contributed by atoms with Gasteiger partial charge >= 0.3 is 0 Å². The first-order valence-electron chi connectivity index (χ1n) is 5.65. The van der Waals surface area contributed by atoms with Crippen LogP contribution in [0.15, 0.2) is 27.4 Å². The topological polar surface area (TPSA) is 51.8 Å². The minimum atomic E-state index is -0.266. The number of benzene rings is 1. The second-order valence-electron chi connectivity index (χ2n) is 3.90. The predicted octanol–water partition coefficient (Wildman–Crippen LogP) is 3.41. The van der Waals surface area contributed by atoms with Gasteiger partial charge in [-0.25, -0.2) is 9.37 Å². The van der Waals surface area contributed by atoms with Gasteiger partial charge in [-0.15, -0.1) is 0 Å². The van der Waals surface area contributed by atoms with Gasteiger partial charge in [-0.1, -0.05) is 18.7 Å². The van der Waals surface area contributed by atoms with Crippen molar-refractivity contribution in [3.05, 3.63) is 35.4 Å². The van der Waals surface area contributed by atoms with Gasteiger partial charge in [0.1, 0.15) is 11.6 Å². The fourth-order valence-electron chi connectivity index (χ4n) is 1.49. The Balaban J connectivity index is 2.28. The Hall–Kier alpha value is -0.980. The number of rotatable bonds is 4. The van der Waals surface area contributed by atoms with Crippen LogP contribution in [-0.2, 0) is 6.42 Å². The molecule has 1 atom stereocenters. The molecule has 0 fully saturated rings. The molecule has 18 heavy (non-hydrogen) atoms. The maximum Gasteiger partial charge on any atom is 0.174 e. The highest BCUT2D eigenvalue weighted by Crippen LogP contribution is 2.34. The second kappa shape index (κ2) is 5.77. The number of aromatic nitrogens is 2. The van der Waals surface area contributed by atoms with Crippen molar-refractivity contribution < 1.29 is 4.39 Å². The molecule has 3 nitrogen and oxygen atoms in total. The van der Waals surface area contributed by atoms with Crippen LogP contribution in [0.5, 0.6) is 0 Å². The Bertz CT molecular complexity index is 540. The van der Waals surface area contributed by atoms with E-state index in [9.17, 15) is 4.39 Å². The minimum absolute atomic E-state index is 0.207. The zero-order valence-electron chi connectivity index (χ0n) is 10.2. The van der Waals surface area contributed by atoms with Crippen molar-refractivity contribution in [2.24, 2.45) is 5.73 Å². The molecule has 1 aromatic heterocycles. The lowest BCUT2D eigenvalue weighted by molar-refractivity contribution is 0.619. The molecule has 0 saturated heterocycles. The molecule has 0 amide bonds. The second-order valence-corrected chi connectivity index (χ2v) is 5.94. The first kappa shape index (κ1) is 13.5. The highest BCUT2D eigenvalue weighted by molar-refractivity contribution is 8.01. The van der Waals surface area contributed by atoms with Gasteiger partial charge in [0, 0.05) is 17.4 Å². The lowest BCUT2D eigenvalue weighted by Gasteiger charge is -2.10. The van der Waals surface area contributed by atoms with E-state index in [1.807, 2.05) is 13.8 Å². The lowest BCUT2D eigenvalue weighted by Crippen LogP contribution is -2.06. The third-order valence-corrected chi connectivity index (χ3v) is 4.31. The van der Waals surface area contributed by atoms with Crippen LogP contribution in [0.3, 0.4) is 0 Å². The van der Waals surface area contributed by atoms with E-state index in [1.165, 1.54) is 35.4 Å². The molecular weight excluding hydrogens is 269 g/mol. The Kier molecular flexibility index (Phi) is 4.31. The van der Waals surface area contributed by atoms with E-state index in [1.54, 1.807) is 6.07 Å². The van der Waals surface area contributed by atoms with Crippen molar-refractivity contribution in [3.8, 4) is 0 Å². The molecule has 2 N–H and O–H groups in total. The van der Waals surface area contributed by atoms with Gasteiger partial charge in [0.15, 0.2) is 4.34 Å². The van der Waals surface area contributed by atoms with Crippen molar-refractivity contribution in [1.82, 2.24) is 9.36 Å². The van der Waals surface area contributed by atoms with Gasteiger partial charge in [-0.05, 0) is 42.2 Å². The predicted molar refractivity (Wildman–Crippen MR) is 72.4 cm³/mol. The number of nitrogens with two attached hydrogens (primary N) is 1. The molecule has 0 aliphatic carbocycles. The fraction of sp³-hybridized carbons (Fsp3) is 0.333. The van der Waals surface area contributed by atoms with Gasteiger partial charge in [0.05, 0.1) is 0 Å². The van der Waals surface area contributed by atoms with E-state index in [0.29, 0.717) is 0 Å². The monoisotopic (exact) mass is 283 g/mol. The molecule has 0 unspecified atom stereocenters. The average molecular weight is 283 g/mol. The molecule has 0 radical (unpaired) electrons. The number of hydrogen-bond acceptors (Lipinski definition) is 5. The Morgan fingerprint density at radius 1 is 1.50 bits per heavy atom. The van der Waals surface area contributed by atoms with Gasteiger partial charge in [0.25, 0.3) is 0 Å². The van der Waals surface area contributed by atoms with Crippen molar-refractivity contribution in [3.63, 3.8) is 0 Å². The van der Waals surface area contributed by atoms with Gasteiger partial charge in [0.2, 0.25) is 0 Å². The maximum atomic E-state index is 13.2. The first-order chi connectivity index (χ1) is 8.60. The van der Waals surface area contributed by atoms with E-state index in [2.05, 4.69) is 9.36 Å². The van der Waals surface area contributed by atoms with Crippen LogP contribution in [0.2, 0.25) is 0 Å². The normalized spacial score (nSPS) is 12.7. The van der Waals surface area contributed by atoms with Gasteiger partial charge < -0.3 is 5.73 Å². The summed E-state index contributed by atoms with van der Waals surface area (Å²) in [6.45, 7) is 3.86. The zero-order chi connectivity index (χ0) is 13.1. The summed E-state index contributed by atoms with van der Waals surface area (Å²) >= 11 is 2.85. The Morgan fingerprint density at radius 2 is 2.28 bits per heavy atom. The fourth-order valence-corrected chi connectivity index (χ4v) is 3.35. The van der Waals surface area contributed by atoms with E-state index in [4.69, 9.17) is 5.73 Å². The van der Waals surface area contributed by atoms with Crippen LogP contribution in [0.25, 0.3) is 0 Å². The average Bonchev–Trinajstić information content (AvgIpc) is 2.79. The van der Waals surface area contributed by atoms with Crippen LogP contribution in [0, 0.1) is 5.82 Å². The third-order valence-electron chi connectivity index (χ3n) is 2.43. The molecule has 2 rings (SSSR count). The molecule has 96 valence electrons. The molecule has 2 aromatic rings. The molecule has 1 heterocycles. The number of aryl methyl sites for hydroxylation is 1. The van der Waals surface area contributed by atoms with E-state index in [0.717, 1.165) is 27.0 Å². The molecule has 0 bridgehead atoms. The Labute approximate surface area is 114 Å². The lowest BCUT2D eigenvalue weighted by atomic mass is 10.1. The molecule has 1 aromatic carbocycles. The van der Waals surface area contributed by atoms with E-state index < -0.39 is 0 Å². The molecule has 0 spiro atoms. The number of hydrogen-bond donors (Lipinski definition) is 1. The summed E-state index contributed by atoms with van der Waals surface area (Å²) in [5.74, 6) is 0.574. The summed E-state index contributed by atoms with van der Waals surface area (Å²) in [5, 5.41) is 0. The van der Waals surface area contributed by atoms with Crippen molar-refractivity contribution in [2.45, 2.75) is 35.5 Å². The van der Waals surface area contributed by atoms with Crippen LogP contribution >= 0.6 is 23.3 Å². The third kappa shape index (κ3) is 3.07. The van der Waals surface area contributed by atoms with E-state index >= 15 is 0 Å². The van der Waals surface area contributed by atoms with Crippen LogP contribution < -0.4 is 5.73 Å². The van der Waals surface area contributed by atoms with Crippen molar-refractivity contribution >= 4 is 23.3 Å². The van der Waals surface area contributed by atoms with E-state index in [-0.39, 0.29) is 11.9 Å². The summed E-state index contributed by atoms with van der Waals surface area (Å²) in [5.41, 5.74) is 6.66.